The van der Waals surface area contributed by atoms with Gasteiger partial charge < -0.3 is 16.4 Å². The van der Waals surface area contributed by atoms with Crippen LogP contribution in [0, 0.1) is 6.92 Å². The number of nitrogens with zero attached hydrogens (tertiary/aromatic N) is 2. The summed E-state index contributed by atoms with van der Waals surface area (Å²) in [6, 6.07) is 17.7. The first-order valence-electron chi connectivity index (χ1n) is 8.74. The monoisotopic (exact) mass is 381 g/mol. The summed E-state index contributed by atoms with van der Waals surface area (Å²) in [5.41, 5.74) is 7.64. The van der Waals surface area contributed by atoms with Gasteiger partial charge in [0.15, 0.2) is 0 Å². The van der Waals surface area contributed by atoms with E-state index in [2.05, 4.69) is 20.8 Å². The van der Waals surface area contributed by atoms with Crippen LogP contribution in [0.3, 0.4) is 0 Å². The molecule has 0 aliphatic rings. The molecule has 1 atom stereocenters. The molecule has 2 aromatic carbocycles. The number of hydrogen-bond acceptors (Lipinski definition) is 6. The molecule has 27 heavy (non-hydrogen) atoms. The third-order valence-electron chi connectivity index (χ3n) is 4.36. The number of amides is 1. The first-order chi connectivity index (χ1) is 13.0. The maximum absolute atomic E-state index is 13.1. The topological polar surface area (TPSA) is 92.9 Å². The summed E-state index contributed by atoms with van der Waals surface area (Å²) in [5, 5.41) is 15.4. The van der Waals surface area contributed by atoms with Crippen molar-refractivity contribution in [3.8, 4) is 0 Å². The summed E-state index contributed by atoms with van der Waals surface area (Å²) in [5.74, 6) is -0.105. The fourth-order valence-electron chi connectivity index (χ4n) is 2.78. The summed E-state index contributed by atoms with van der Waals surface area (Å²) in [4.78, 5) is 13.1. The molecular weight excluding hydrogens is 358 g/mol. The fourth-order valence-corrected chi connectivity index (χ4v) is 3.39. The van der Waals surface area contributed by atoms with Crippen molar-refractivity contribution in [3.63, 3.8) is 0 Å². The molecule has 3 aromatic rings. The summed E-state index contributed by atoms with van der Waals surface area (Å²) in [7, 11) is 0. The van der Waals surface area contributed by atoms with E-state index >= 15 is 0 Å². The summed E-state index contributed by atoms with van der Waals surface area (Å²) in [6.07, 6.45) is 0.593. The van der Waals surface area contributed by atoms with Gasteiger partial charge in [-0.3, -0.25) is 4.79 Å². The third-order valence-corrected chi connectivity index (χ3v) is 5.17. The van der Waals surface area contributed by atoms with Gasteiger partial charge in [0.2, 0.25) is 11.0 Å². The number of hydrogen-bond donors (Lipinski definition) is 3. The second-order valence-electron chi connectivity index (χ2n) is 6.52. The molecule has 0 aliphatic carbocycles. The number of nitrogens with two attached hydrogens (primary N) is 1. The number of rotatable bonds is 7. The van der Waals surface area contributed by atoms with E-state index in [9.17, 15) is 4.79 Å². The van der Waals surface area contributed by atoms with Gasteiger partial charge in [0.05, 0.1) is 0 Å². The molecule has 0 saturated heterocycles. The average molecular weight is 382 g/mol. The fraction of sp³-hybridized carbons (Fsp3) is 0.250. The third kappa shape index (κ3) is 4.62. The predicted octanol–water partition coefficient (Wildman–Crippen LogP) is 3.11. The van der Waals surface area contributed by atoms with Crippen molar-refractivity contribution in [1.82, 2.24) is 15.5 Å². The molecule has 0 fully saturated rings. The molecular formula is C20H23N5OS. The van der Waals surface area contributed by atoms with Crippen LogP contribution in [-0.4, -0.2) is 22.6 Å². The van der Waals surface area contributed by atoms with Crippen molar-refractivity contribution >= 4 is 28.1 Å². The number of anilines is 2. The van der Waals surface area contributed by atoms with Gasteiger partial charge in [-0.15, -0.1) is 10.2 Å². The molecule has 7 heteroatoms. The molecule has 0 bridgehead atoms. The Labute approximate surface area is 162 Å². The summed E-state index contributed by atoms with van der Waals surface area (Å²) < 4.78 is 0. The highest BCUT2D eigenvalue weighted by molar-refractivity contribution is 7.15. The van der Waals surface area contributed by atoms with Crippen molar-refractivity contribution in [2.45, 2.75) is 25.8 Å². The Morgan fingerprint density at radius 1 is 1.11 bits per heavy atom. The second-order valence-corrected chi connectivity index (χ2v) is 7.62. The summed E-state index contributed by atoms with van der Waals surface area (Å²) >= 11 is 1.34. The molecule has 6 nitrogen and oxygen atoms in total. The van der Waals surface area contributed by atoms with Crippen LogP contribution >= 0.6 is 11.3 Å². The predicted molar refractivity (Wildman–Crippen MR) is 110 cm³/mol. The number of nitrogen functional groups attached to an aromatic ring is 1. The lowest BCUT2D eigenvalue weighted by Gasteiger charge is -2.31. The molecule has 0 spiro atoms. The van der Waals surface area contributed by atoms with Gasteiger partial charge in [-0.25, -0.2) is 0 Å². The Balaban J connectivity index is 1.76. The molecule has 0 saturated carbocycles. The van der Waals surface area contributed by atoms with Gasteiger partial charge in [-0.2, -0.15) is 0 Å². The van der Waals surface area contributed by atoms with Crippen molar-refractivity contribution in [2.75, 3.05) is 17.6 Å². The first-order valence-corrected chi connectivity index (χ1v) is 9.55. The van der Waals surface area contributed by atoms with Crippen molar-refractivity contribution in [1.29, 1.82) is 0 Å². The van der Waals surface area contributed by atoms with E-state index in [1.54, 1.807) is 0 Å². The van der Waals surface area contributed by atoms with E-state index in [0.717, 1.165) is 16.3 Å². The van der Waals surface area contributed by atoms with Gasteiger partial charge >= 0.3 is 0 Å². The molecule has 4 N–H and O–H groups in total. The summed E-state index contributed by atoms with van der Waals surface area (Å²) in [6.45, 7) is 4.39. The smallest absolute Gasteiger partial charge is 0.250 e. The van der Waals surface area contributed by atoms with Gasteiger partial charge in [-0.05, 0) is 31.5 Å². The average Bonchev–Trinajstić information content (AvgIpc) is 3.09. The highest BCUT2D eigenvalue weighted by Crippen LogP contribution is 2.27. The normalized spacial score (nSPS) is 13.0. The van der Waals surface area contributed by atoms with Crippen LogP contribution in [0.5, 0.6) is 0 Å². The molecule has 0 aliphatic heterocycles. The maximum Gasteiger partial charge on any atom is 0.250 e. The van der Waals surface area contributed by atoms with Gasteiger partial charge in [-0.1, -0.05) is 59.4 Å². The van der Waals surface area contributed by atoms with Gasteiger partial charge in [0, 0.05) is 18.7 Å². The Morgan fingerprint density at radius 2 is 1.81 bits per heavy atom. The molecule has 140 valence electrons. The molecule has 3 rings (SSSR count). The molecule has 1 heterocycles. The van der Waals surface area contributed by atoms with Crippen LogP contribution in [0.1, 0.15) is 23.1 Å². The van der Waals surface area contributed by atoms with Crippen molar-refractivity contribution in [2.24, 2.45) is 0 Å². The SMILES string of the molecule is Cc1ccc(N[C@](C)(C(=O)NCCc2nnc(N)s2)c2ccccc2)cc1. The lowest BCUT2D eigenvalue weighted by molar-refractivity contribution is -0.125. The van der Waals surface area contributed by atoms with Crippen LogP contribution in [-0.2, 0) is 16.8 Å². The minimum absolute atomic E-state index is 0.105. The van der Waals surface area contributed by atoms with Crippen molar-refractivity contribution < 1.29 is 4.79 Å². The highest BCUT2D eigenvalue weighted by atomic mass is 32.1. The van der Waals surface area contributed by atoms with E-state index in [1.165, 1.54) is 16.9 Å². The number of carbonyl (C=O) groups is 1. The minimum atomic E-state index is -0.906. The van der Waals surface area contributed by atoms with E-state index < -0.39 is 5.54 Å². The van der Waals surface area contributed by atoms with Gasteiger partial charge in [0.1, 0.15) is 10.5 Å². The van der Waals surface area contributed by atoms with E-state index in [1.807, 2.05) is 68.4 Å². The van der Waals surface area contributed by atoms with Crippen molar-refractivity contribution in [3.05, 3.63) is 70.7 Å². The lowest BCUT2D eigenvalue weighted by atomic mass is 9.90. The standard InChI is InChI=1S/C20H23N5OS/c1-14-8-10-16(11-9-14)23-20(2,15-6-4-3-5-7-15)18(26)22-13-12-17-24-25-19(21)27-17/h3-11,23H,12-13H2,1-2H3,(H2,21,25)(H,22,26)/t20-/m0/s1. The van der Waals surface area contributed by atoms with Crippen LogP contribution in [0.4, 0.5) is 10.8 Å². The number of benzene rings is 2. The zero-order valence-electron chi connectivity index (χ0n) is 15.4. The van der Waals surface area contributed by atoms with E-state index in [-0.39, 0.29) is 5.91 Å². The Kier molecular flexibility index (Phi) is 5.71. The number of nitrogens with one attached hydrogen (secondary N) is 2. The van der Waals surface area contributed by atoms with Gasteiger partial charge in [0.25, 0.3) is 0 Å². The first kappa shape index (κ1) is 18.8. The molecule has 0 unspecified atom stereocenters. The number of aryl methyl sites for hydroxylation is 1. The Morgan fingerprint density at radius 3 is 2.44 bits per heavy atom. The highest BCUT2D eigenvalue weighted by Gasteiger charge is 2.34. The van der Waals surface area contributed by atoms with Crippen LogP contribution in [0.15, 0.2) is 54.6 Å². The minimum Gasteiger partial charge on any atom is -0.374 e. The number of aromatic nitrogens is 2. The van der Waals surface area contributed by atoms with E-state index in [4.69, 9.17) is 5.73 Å². The zero-order chi connectivity index (χ0) is 19.3. The van der Waals surface area contributed by atoms with Crippen LogP contribution in [0.2, 0.25) is 0 Å². The van der Waals surface area contributed by atoms with Crippen LogP contribution in [0.25, 0.3) is 0 Å². The molecule has 1 aromatic heterocycles. The molecule has 0 radical (unpaired) electrons. The number of carbonyl (C=O) groups excluding carboxylic acids is 1. The lowest BCUT2D eigenvalue weighted by Crippen LogP contribution is -2.48. The molecule has 1 amide bonds. The maximum atomic E-state index is 13.1. The zero-order valence-corrected chi connectivity index (χ0v) is 16.2. The van der Waals surface area contributed by atoms with E-state index in [0.29, 0.717) is 18.1 Å². The van der Waals surface area contributed by atoms with Crippen LogP contribution < -0.4 is 16.4 Å². The quantitative estimate of drug-likeness (QED) is 0.585. The largest absolute Gasteiger partial charge is 0.374 e. The Bertz CT molecular complexity index is 894. The Hall–Kier alpha value is -2.93. The second kappa shape index (κ2) is 8.18.